The van der Waals surface area contributed by atoms with Crippen molar-refractivity contribution in [3.63, 3.8) is 0 Å². The van der Waals surface area contributed by atoms with Crippen molar-refractivity contribution in [1.29, 1.82) is 0 Å². The summed E-state index contributed by atoms with van der Waals surface area (Å²) in [7, 11) is 1.98. The maximum absolute atomic E-state index is 12.6. The normalized spacial score (nSPS) is 15.4. The Kier molecular flexibility index (Phi) is 6.01. The lowest BCUT2D eigenvalue weighted by atomic mass is 9.96. The molecule has 7 heteroatoms. The van der Waals surface area contributed by atoms with Crippen molar-refractivity contribution in [2.75, 3.05) is 29.9 Å². The number of amides is 2. The Balaban J connectivity index is 1.72. The number of carbonyl (C=O) groups is 2. The molecule has 0 spiro atoms. The van der Waals surface area contributed by atoms with Crippen LogP contribution in [0.5, 0.6) is 5.75 Å². The van der Waals surface area contributed by atoms with E-state index in [2.05, 4.69) is 10.6 Å². The zero-order valence-electron chi connectivity index (χ0n) is 15.7. The van der Waals surface area contributed by atoms with Crippen LogP contribution in [0.3, 0.4) is 0 Å². The Hall–Kier alpha value is -2.96. The van der Waals surface area contributed by atoms with Crippen LogP contribution in [0.2, 0.25) is 0 Å². The van der Waals surface area contributed by atoms with Crippen LogP contribution in [-0.4, -0.2) is 45.4 Å². The van der Waals surface area contributed by atoms with Crippen molar-refractivity contribution in [3.8, 4) is 5.75 Å². The number of fused-ring (bicyclic) bond motifs is 1. The molecule has 0 saturated heterocycles. The van der Waals surface area contributed by atoms with Crippen LogP contribution < -0.4 is 25.7 Å². The molecule has 0 fully saturated rings. The van der Waals surface area contributed by atoms with Gasteiger partial charge in [-0.15, -0.1) is 0 Å². The van der Waals surface area contributed by atoms with Gasteiger partial charge in [-0.2, -0.15) is 0 Å². The van der Waals surface area contributed by atoms with Gasteiger partial charge >= 0.3 is 0 Å². The van der Waals surface area contributed by atoms with Crippen LogP contribution in [-0.2, 0) is 9.59 Å². The standard InChI is InChI=1S/C20H24BN3O3/c1-2-10-22-20(26)18-12-24(16-8-3-4-9-17(16)27-18)13-19(25)23-15-7-5-6-14(21)11-15/h3-9,11,18H,2,10,12-13,21H2,1H3,(H,22,26)(H,23,25). The minimum Gasteiger partial charge on any atom is -0.477 e. The SMILES string of the molecule is Bc1cccc(NC(=O)CN2CC(C(=O)NCCC)Oc3ccccc32)c1. The number of hydrogen-bond acceptors (Lipinski definition) is 4. The predicted molar refractivity (Wildman–Crippen MR) is 110 cm³/mol. The zero-order chi connectivity index (χ0) is 19.2. The number of nitrogens with one attached hydrogen (secondary N) is 2. The third-order valence-corrected chi connectivity index (χ3v) is 4.34. The lowest BCUT2D eigenvalue weighted by molar-refractivity contribution is -0.128. The van der Waals surface area contributed by atoms with Gasteiger partial charge in [0, 0.05) is 12.2 Å². The summed E-state index contributed by atoms with van der Waals surface area (Å²) >= 11 is 0. The van der Waals surface area contributed by atoms with E-state index in [4.69, 9.17) is 4.74 Å². The average molecular weight is 365 g/mol. The van der Waals surface area contributed by atoms with Crippen LogP contribution in [0, 0.1) is 0 Å². The molecule has 2 N–H and O–H groups in total. The Bertz CT molecular complexity index is 828. The molecule has 0 radical (unpaired) electrons. The van der Waals surface area contributed by atoms with Gasteiger partial charge in [-0.05, 0) is 30.7 Å². The smallest absolute Gasteiger partial charge is 0.262 e. The highest BCUT2D eigenvalue weighted by atomic mass is 16.5. The van der Waals surface area contributed by atoms with Crippen LogP contribution in [0.1, 0.15) is 13.3 Å². The molecule has 2 aromatic carbocycles. The first-order chi connectivity index (χ1) is 13.1. The Morgan fingerprint density at radius 2 is 2.04 bits per heavy atom. The fourth-order valence-corrected chi connectivity index (χ4v) is 3.05. The molecule has 0 saturated carbocycles. The molecule has 27 heavy (non-hydrogen) atoms. The largest absolute Gasteiger partial charge is 0.477 e. The van der Waals surface area contributed by atoms with E-state index in [-0.39, 0.29) is 18.4 Å². The number of rotatable bonds is 6. The number of ether oxygens (including phenoxy) is 1. The molecular formula is C20H24BN3O3. The second-order valence-corrected chi connectivity index (χ2v) is 6.66. The molecule has 2 amide bonds. The fourth-order valence-electron chi connectivity index (χ4n) is 3.05. The molecule has 140 valence electrons. The van der Waals surface area contributed by atoms with E-state index < -0.39 is 6.10 Å². The van der Waals surface area contributed by atoms with Crippen molar-refractivity contribution in [2.24, 2.45) is 0 Å². The Morgan fingerprint density at radius 3 is 2.81 bits per heavy atom. The van der Waals surface area contributed by atoms with E-state index >= 15 is 0 Å². The maximum Gasteiger partial charge on any atom is 0.262 e. The average Bonchev–Trinajstić information content (AvgIpc) is 2.66. The lowest BCUT2D eigenvalue weighted by Gasteiger charge is -2.35. The van der Waals surface area contributed by atoms with E-state index in [0.29, 0.717) is 18.8 Å². The van der Waals surface area contributed by atoms with Gasteiger partial charge in [-0.3, -0.25) is 9.59 Å². The van der Waals surface area contributed by atoms with Crippen LogP contribution in [0.25, 0.3) is 0 Å². The number of carbonyl (C=O) groups excluding carboxylic acids is 2. The number of benzene rings is 2. The van der Waals surface area contributed by atoms with Crippen molar-refractivity contribution in [3.05, 3.63) is 48.5 Å². The summed E-state index contributed by atoms with van der Waals surface area (Å²) in [5.74, 6) is 0.323. The van der Waals surface area contributed by atoms with Crippen molar-refractivity contribution >= 4 is 36.5 Å². The van der Waals surface area contributed by atoms with Crippen LogP contribution in [0.4, 0.5) is 11.4 Å². The van der Waals surface area contributed by atoms with Gasteiger partial charge in [0.15, 0.2) is 6.10 Å². The summed E-state index contributed by atoms with van der Waals surface area (Å²) in [5, 5.41) is 5.78. The van der Waals surface area contributed by atoms with E-state index in [1.165, 1.54) is 0 Å². The minimum absolute atomic E-state index is 0.134. The third kappa shape index (κ3) is 4.81. The topological polar surface area (TPSA) is 70.7 Å². The maximum atomic E-state index is 12.6. The van der Waals surface area contributed by atoms with Crippen LogP contribution in [0.15, 0.2) is 48.5 Å². The Labute approximate surface area is 160 Å². The number of hydrogen-bond donors (Lipinski definition) is 2. The zero-order valence-corrected chi connectivity index (χ0v) is 15.7. The lowest BCUT2D eigenvalue weighted by Crippen LogP contribution is -2.50. The third-order valence-electron chi connectivity index (χ3n) is 4.34. The molecule has 6 nitrogen and oxygen atoms in total. The van der Waals surface area contributed by atoms with E-state index in [1.807, 2.05) is 68.2 Å². The molecular weight excluding hydrogens is 341 g/mol. The Morgan fingerprint density at radius 1 is 1.22 bits per heavy atom. The molecule has 1 unspecified atom stereocenters. The van der Waals surface area contributed by atoms with Crippen molar-refractivity contribution in [1.82, 2.24) is 5.32 Å². The first-order valence-corrected chi connectivity index (χ1v) is 9.21. The highest BCUT2D eigenvalue weighted by Gasteiger charge is 2.31. The summed E-state index contributed by atoms with van der Waals surface area (Å²) < 4.78 is 5.85. The summed E-state index contributed by atoms with van der Waals surface area (Å²) in [6.07, 6.45) is 0.218. The van der Waals surface area contributed by atoms with Crippen molar-refractivity contribution in [2.45, 2.75) is 19.4 Å². The predicted octanol–water partition coefficient (Wildman–Crippen LogP) is 0.677. The van der Waals surface area contributed by atoms with Gasteiger partial charge in [0.2, 0.25) is 5.91 Å². The summed E-state index contributed by atoms with van der Waals surface area (Å²) in [5.41, 5.74) is 2.66. The highest BCUT2D eigenvalue weighted by molar-refractivity contribution is 6.32. The quantitative estimate of drug-likeness (QED) is 0.739. The van der Waals surface area contributed by atoms with Gasteiger partial charge in [0.25, 0.3) is 5.91 Å². The summed E-state index contributed by atoms with van der Waals surface area (Å²) in [4.78, 5) is 26.8. The molecule has 0 aliphatic carbocycles. The molecule has 2 aromatic rings. The highest BCUT2D eigenvalue weighted by Crippen LogP contribution is 2.32. The van der Waals surface area contributed by atoms with E-state index in [1.54, 1.807) is 0 Å². The first-order valence-electron chi connectivity index (χ1n) is 9.21. The van der Waals surface area contributed by atoms with Gasteiger partial charge in [-0.1, -0.05) is 36.7 Å². The number of nitrogens with zero attached hydrogens (tertiary/aromatic N) is 1. The molecule has 0 bridgehead atoms. The summed E-state index contributed by atoms with van der Waals surface area (Å²) in [6.45, 7) is 3.08. The number of para-hydroxylation sites is 2. The van der Waals surface area contributed by atoms with Crippen LogP contribution >= 0.6 is 0 Å². The monoisotopic (exact) mass is 365 g/mol. The fraction of sp³-hybridized carbons (Fsp3) is 0.300. The van der Waals surface area contributed by atoms with E-state index in [9.17, 15) is 9.59 Å². The minimum atomic E-state index is -0.641. The molecule has 1 aliphatic heterocycles. The molecule has 1 heterocycles. The van der Waals surface area contributed by atoms with E-state index in [0.717, 1.165) is 23.3 Å². The van der Waals surface area contributed by atoms with Gasteiger partial charge in [0.05, 0.1) is 18.8 Å². The molecule has 0 aromatic heterocycles. The number of anilines is 2. The van der Waals surface area contributed by atoms with Crippen molar-refractivity contribution < 1.29 is 14.3 Å². The van der Waals surface area contributed by atoms with Gasteiger partial charge < -0.3 is 20.3 Å². The second kappa shape index (κ2) is 8.62. The molecule has 1 aliphatic rings. The van der Waals surface area contributed by atoms with Gasteiger partial charge in [-0.25, -0.2) is 0 Å². The second-order valence-electron chi connectivity index (χ2n) is 6.66. The molecule has 3 rings (SSSR count). The van der Waals surface area contributed by atoms with Gasteiger partial charge in [0.1, 0.15) is 13.6 Å². The summed E-state index contributed by atoms with van der Waals surface area (Å²) in [6, 6.07) is 15.1. The molecule has 1 atom stereocenters. The first kappa shape index (κ1) is 18.8.